The quantitative estimate of drug-likeness (QED) is 0.368. The maximum atomic E-state index is 12.2. The fraction of sp³-hybridized carbons (Fsp3) is 0.800. The van der Waals surface area contributed by atoms with Gasteiger partial charge in [0.05, 0.1) is 12.7 Å². The van der Waals surface area contributed by atoms with E-state index in [2.05, 4.69) is 4.74 Å². The molecular weight excluding hydrogens is 260 g/mol. The average Bonchev–Trinajstić information content (AvgIpc) is 2.44. The first-order valence-electron chi connectivity index (χ1n) is 6.82. The van der Waals surface area contributed by atoms with E-state index >= 15 is 0 Å². The number of esters is 1. The molecule has 0 aromatic rings. The van der Waals surface area contributed by atoms with Gasteiger partial charge in [0.25, 0.3) is 0 Å². The van der Waals surface area contributed by atoms with E-state index in [1.807, 2.05) is 13.8 Å². The number of carbonyl (C=O) groups excluding carboxylic acids is 3. The lowest BCUT2D eigenvalue weighted by molar-refractivity contribution is -0.150. The van der Waals surface area contributed by atoms with Gasteiger partial charge in [0.15, 0.2) is 0 Å². The van der Waals surface area contributed by atoms with Gasteiger partial charge in [-0.2, -0.15) is 0 Å². The summed E-state index contributed by atoms with van der Waals surface area (Å²) < 4.78 is 10.1. The van der Waals surface area contributed by atoms with Crippen molar-refractivity contribution in [3.63, 3.8) is 0 Å². The third-order valence-electron chi connectivity index (χ3n) is 3.68. The van der Waals surface area contributed by atoms with Crippen molar-refractivity contribution in [2.75, 3.05) is 14.2 Å². The standard InChI is InChI=1S/C15H26O5/c1-10(9-16)7-15(4,20-6)8-11(2)13(17)12(3)14(18)19-5/h9-12H,7-8H2,1-6H3/t10-,11?,12?,15-/m1/s1. The zero-order valence-electron chi connectivity index (χ0n) is 13.3. The van der Waals surface area contributed by atoms with Crippen LogP contribution in [0, 0.1) is 17.8 Å². The second-order valence-electron chi connectivity index (χ2n) is 5.72. The van der Waals surface area contributed by atoms with Crippen molar-refractivity contribution >= 4 is 18.0 Å². The minimum absolute atomic E-state index is 0.139. The van der Waals surface area contributed by atoms with Crippen LogP contribution in [0.3, 0.4) is 0 Å². The van der Waals surface area contributed by atoms with E-state index in [4.69, 9.17) is 4.74 Å². The highest BCUT2D eigenvalue weighted by Gasteiger charge is 2.34. The van der Waals surface area contributed by atoms with Crippen molar-refractivity contribution in [2.24, 2.45) is 17.8 Å². The molecule has 20 heavy (non-hydrogen) atoms. The molecule has 2 unspecified atom stereocenters. The average molecular weight is 286 g/mol. The molecule has 0 saturated carbocycles. The summed E-state index contributed by atoms with van der Waals surface area (Å²) in [4.78, 5) is 34.3. The Morgan fingerprint density at radius 1 is 1.15 bits per heavy atom. The molecule has 0 rings (SSSR count). The fourth-order valence-corrected chi connectivity index (χ4v) is 2.45. The molecule has 5 heteroatoms. The molecule has 0 saturated heterocycles. The van der Waals surface area contributed by atoms with E-state index in [0.29, 0.717) is 12.8 Å². The molecule has 5 nitrogen and oxygen atoms in total. The predicted molar refractivity (Wildman–Crippen MR) is 75.2 cm³/mol. The van der Waals surface area contributed by atoms with E-state index in [1.54, 1.807) is 21.0 Å². The molecule has 0 N–H and O–H groups in total. The molecule has 4 atom stereocenters. The number of ether oxygens (including phenoxy) is 2. The van der Waals surface area contributed by atoms with Crippen LogP contribution < -0.4 is 0 Å². The summed E-state index contributed by atoms with van der Waals surface area (Å²) in [6.45, 7) is 7.00. The summed E-state index contributed by atoms with van der Waals surface area (Å²) in [6, 6.07) is 0. The molecule has 0 aromatic carbocycles. The maximum Gasteiger partial charge on any atom is 0.315 e. The highest BCUT2D eigenvalue weighted by Crippen LogP contribution is 2.29. The number of rotatable bonds is 9. The second-order valence-corrected chi connectivity index (χ2v) is 5.72. The van der Waals surface area contributed by atoms with Gasteiger partial charge in [0.2, 0.25) is 0 Å². The minimum atomic E-state index is -0.778. The van der Waals surface area contributed by atoms with Crippen LogP contribution in [0.2, 0.25) is 0 Å². The second kappa shape index (κ2) is 8.15. The molecule has 0 amide bonds. The SMILES string of the molecule is COC(=O)C(C)C(=O)C(C)C[C@@](C)(C[C@@H](C)C=O)OC. The Hall–Kier alpha value is -1.23. The van der Waals surface area contributed by atoms with Gasteiger partial charge in [0.1, 0.15) is 18.0 Å². The Labute approximate surface area is 121 Å². The number of Topliss-reactive ketones (excluding diaryl/α,β-unsaturated/α-hetero) is 1. The molecule has 0 bridgehead atoms. The lowest BCUT2D eigenvalue weighted by atomic mass is 9.82. The van der Waals surface area contributed by atoms with Crippen molar-refractivity contribution in [1.29, 1.82) is 0 Å². The molecule has 116 valence electrons. The lowest BCUT2D eigenvalue weighted by Crippen LogP contribution is -2.36. The summed E-state index contributed by atoms with van der Waals surface area (Å²) in [7, 11) is 2.83. The third kappa shape index (κ3) is 5.41. The van der Waals surface area contributed by atoms with E-state index in [9.17, 15) is 14.4 Å². The predicted octanol–water partition coefficient (Wildman–Crippen LogP) is 2.02. The minimum Gasteiger partial charge on any atom is -0.468 e. The van der Waals surface area contributed by atoms with Crippen molar-refractivity contribution in [1.82, 2.24) is 0 Å². The third-order valence-corrected chi connectivity index (χ3v) is 3.68. The first-order chi connectivity index (χ1) is 9.20. The first kappa shape index (κ1) is 18.8. The molecule has 0 spiro atoms. The van der Waals surface area contributed by atoms with Crippen molar-refractivity contribution in [3.8, 4) is 0 Å². The largest absolute Gasteiger partial charge is 0.468 e. The highest BCUT2D eigenvalue weighted by atomic mass is 16.5. The Balaban J connectivity index is 4.77. The Kier molecular flexibility index (Phi) is 7.64. The molecular formula is C15H26O5. The van der Waals surface area contributed by atoms with Gasteiger partial charge in [-0.3, -0.25) is 9.59 Å². The van der Waals surface area contributed by atoms with Gasteiger partial charge < -0.3 is 14.3 Å². The fourth-order valence-electron chi connectivity index (χ4n) is 2.45. The summed E-state index contributed by atoms with van der Waals surface area (Å²) in [6.07, 6.45) is 1.87. The Bertz CT molecular complexity index is 352. The zero-order chi connectivity index (χ0) is 15.9. The van der Waals surface area contributed by atoms with Gasteiger partial charge in [-0.25, -0.2) is 0 Å². The number of ketones is 1. The van der Waals surface area contributed by atoms with Crippen LogP contribution in [0.1, 0.15) is 40.5 Å². The molecule has 0 aliphatic carbocycles. The molecule has 0 fully saturated rings. The van der Waals surface area contributed by atoms with Gasteiger partial charge in [-0.1, -0.05) is 13.8 Å². The van der Waals surface area contributed by atoms with Crippen molar-refractivity contribution in [3.05, 3.63) is 0 Å². The maximum absolute atomic E-state index is 12.2. The van der Waals surface area contributed by atoms with Crippen LogP contribution in [-0.4, -0.2) is 37.9 Å². The van der Waals surface area contributed by atoms with Gasteiger partial charge in [0, 0.05) is 18.9 Å². The molecule has 0 aliphatic heterocycles. The summed E-state index contributed by atoms with van der Waals surface area (Å²) in [5.74, 6) is -1.95. The summed E-state index contributed by atoms with van der Waals surface area (Å²) in [5, 5.41) is 0. The van der Waals surface area contributed by atoms with Crippen molar-refractivity contribution < 1.29 is 23.9 Å². The lowest BCUT2D eigenvalue weighted by Gasteiger charge is -2.32. The highest BCUT2D eigenvalue weighted by molar-refractivity contribution is 5.99. The van der Waals surface area contributed by atoms with Gasteiger partial charge >= 0.3 is 5.97 Å². The zero-order valence-corrected chi connectivity index (χ0v) is 13.3. The van der Waals surface area contributed by atoms with Crippen molar-refractivity contribution in [2.45, 2.75) is 46.1 Å². The Morgan fingerprint density at radius 3 is 2.10 bits per heavy atom. The van der Waals surface area contributed by atoms with Gasteiger partial charge in [-0.15, -0.1) is 0 Å². The van der Waals surface area contributed by atoms with E-state index in [0.717, 1.165) is 6.29 Å². The van der Waals surface area contributed by atoms with Crippen LogP contribution in [0.15, 0.2) is 0 Å². The Morgan fingerprint density at radius 2 is 1.70 bits per heavy atom. The van der Waals surface area contributed by atoms with Crippen LogP contribution >= 0.6 is 0 Å². The number of carbonyl (C=O) groups is 3. The first-order valence-corrected chi connectivity index (χ1v) is 6.82. The van der Waals surface area contributed by atoms with Crippen LogP contribution in [0.5, 0.6) is 0 Å². The molecule has 0 radical (unpaired) electrons. The molecule has 0 aromatic heterocycles. The number of methoxy groups -OCH3 is 2. The van der Waals surface area contributed by atoms with E-state index in [1.165, 1.54) is 7.11 Å². The van der Waals surface area contributed by atoms with E-state index in [-0.39, 0.29) is 17.6 Å². The summed E-state index contributed by atoms with van der Waals surface area (Å²) >= 11 is 0. The van der Waals surface area contributed by atoms with Crippen LogP contribution in [-0.2, 0) is 23.9 Å². The number of hydrogen-bond donors (Lipinski definition) is 0. The molecule has 0 heterocycles. The van der Waals surface area contributed by atoms with Crippen LogP contribution in [0.4, 0.5) is 0 Å². The van der Waals surface area contributed by atoms with E-state index < -0.39 is 17.5 Å². The monoisotopic (exact) mass is 286 g/mol. The normalized spacial score (nSPS) is 18.5. The van der Waals surface area contributed by atoms with Gasteiger partial charge in [-0.05, 0) is 26.7 Å². The number of aldehydes is 1. The smallest absolute Gasteiger partial charge is 0.315 e. The number of hydrogen-bond acceptors (Lipinski definition) is 5. The van der Waals surface area contributed by atoms with Crippen LogP contribution in [0.25, 0.3) is 0 Å². The molecule has 0 aliphatic rings. The summed E-state index contributed by atoms with van der Waals surface area (Å²) in [5.41, 5.74) is -0.564. The topological polar surface area (TPSA) is 69.7 Å².